The van der Waals surface area contributed by atoms with Crippen LogP contribution in [0.5, 0.6) is 0 Å². The first-order valence-electron chi connectivity index (χ1n) is 6.78. The molecule has 4 heteroatoms. The summed E-state index contributed by atoms with van der Waals surface area (Å²) in [5.41, 5.74) is 6.03. The van der Waals surface area contributed by atoms with Gasteiger partial charge in [-0.15, -0.1) is 0 Å². The lowest BCUT2D eigenvalue weighted by Crippen LogP contribution is -2.52. The summed E-state index contributed by atoms with van der Waals surface area (Å²) in [6.45, 7) is 5.51. The average molecular weight is 240 g/mol. The molecule has 17 heavy (non-hydrogen) atoms. The molecule has 1 saturated carbocycles. The first-order chi connectivity index (χ1) is 8.11. The van der Waals surface area contributed by atoms with Gasteiger partial charge in [0.05, 0.1) is 18.8 Å². The van der Waals surface area contributed by atoms with Crippen molar-refractivity contribution in [1.29, 1.82) is 0 Å². The minimum Gasteiger partial charge on any atom is -0.375 e. The Morgan fingerprint density at radius 2 is 2.24 bits per heavy atom. The molecule has 0 aromatic carbocycles. The van der Waals surface area contributed by atoms with Crippen LogP contribution in [0.15, 0.2) is 0 Å². The highest BCUT2D eigenvalue weighted by Gasteiger charge is 2.34. The molecule has 98 valence electrons. The highest BCUT2D eigenvalue weighted by molar-refractivity contribution is 5.77. The summed E-state index contributed by atoms with van der Waals surface area (Å²) in [5, 5.41) is 0. The number of hydrogen-bond acceptors (Lipinski definition) is 3. The molecule has 0 spiro atoms. The van der Waals surface area contributed by atoms with Crippen molar-refractivity contribution >= 4 is 5.91 Å². The Bertz CT molecular complexity index is 279. The van der Waals surface area contributed by atoms with E-state index >= 15 is 0 Å². The van der Waals surface area contributed by atoms with Crippen molar-refractivity contribution in [2.24, 2.45) is 11.7 Å². The first kappa shape index (κ1) is 12.8. The lowest BCUT2D eigenvalue weighted by atomic mass is 10.1. The fourth-order valence-electron chi connectivity index (χ4n) is 2.50. The maximum atomic E-state index is 12.2. The summed E-state index contributed by atoms with van der Waals surface area (Å²) in [6.07, 6.45) is 4.01. The van der Waals surface area contributed by atoms with E-state index < -0.39 is 0 Å². The second-order valence-corrected chi connectivity index (χ2v) is 5.46. The SMILES string of the molecule is CCC1COC(C)CN1C(=O)CC(N)C1CC1. The molecule has 4 nitrogen and oxygen atoms in total. The van der Waals surface area contributed by atoms with Gasteiger partial charge in [-0.2, -0.15) is 0 Å². The zero-order chi connectivity index (χ0) is 12.4. The van der Waals surface area contributed by atoms with Crippen molar-refractivity contribution in [2.45, 2.75) is 57.7 Å². The van der Waals surface area contributed by atoms with Crippen LogP contribution < -0.4 is 5.73 Å². The lowest BCUT2D eigenvalue weighted by Gasteiger charge is -2.38. The fraction of sp³-hybridized carbons (Fsp3) is 0.923. The number of amides is 1. The molecule has 1 heterocycles. The van der Waals surface area contributed by atoms with Crippen LogP contribution in [-0.4, -0.2) is 42.1 Å². The van der Waals surface area contributed by atoms with Gasteiger partial charge < -0.3 is 15.4 Å². The summed E-state index contributed by atoms with van der Waals surface area (Å²) in [6, 6.07) is 0.309. The van der Waals surface area contributed by atoms with Gasteiger partial charge in [-0.25, -0.2) is 0 Å². The van der Waals surface area contributed by atoms with Gasteiger partial charge in [0.2, 0.25) is 5.91 Å². The molecule has 0 bridgehead atoms. The van der Waals surface area contributed by atoms with E-state index in [4.69, 9.17) is 10.5 Å². The lowest BCUT2D eigenvalue weighted by molar-refractivity contribution is -0.144. The first-order valence-corrected chi connectivity index (χ1v) is 6.78. The third-order valence-corrected chi connectivity index (χ3v) is 3.90. The van der Waals surface area contributed by atoms with Gasteiger partial charge in [0.25, 0.3) is 0 Å². The van der Waals surface area contributed by atoms with Crippen LogP contribution in [0.25, 0.3) is 0 Å². The van der Waals surface area contributed by atoms with Gasteiger partial charge >= 0.3 is 0 Å². The number of ether oxygens (including phenoxy) is 1. The van der Waals surface area contributed by atoms with Crippen LogP contribution in [0.3, 0.4) is 0 Å². The summed E-state index contributed by atoms with van der Waals surface area (Å²) in [5.74, 6) is 0.809. The normalized spacial score (nSPS) is 31.4. The molecular formula is C13H24N2O2. The van der Waals surface area contributed by atoms with Crippen molar-refractivity contribution in [3.05, 3.63) is 0 Å². The molecule has 0 radical (unpaired) electrons. The van der Waals surface area contributed by atoms with Crippen LogP contribution in [0, 0.1) is 5.92 Å². The molecule has 2 N–H and O–H groups in total. The number of hydrogen-bond donors (Lipinski definition) is 1. The van der Waals surface area contributed by atoms with E-state index in [1.165, 1.54) is 12.8 Å². The topological polar surface area (TPSA) is 55.6 Å². The quantitative estimate of drug-likeness (QED) is 0.801. The third kappa shape index (κ3) is 3.19. The Hall–Kier alpha value is -0.610. The van der Waals surface area contributed by atoms with Gasteiger partial charge in [0.1, 0.15) is 0 Å². The van der Waals surface area contributed by atoms with E-state index in [-0.39, 0.29) is 24.1 Å². The molecule has 2 aliphatic rings. The predicted octanol–water partition coefficient (Wildman–Crippen LogP) is 1.14. The highest BCUT2D eigenvalue weighted by atomic mass is 16.5. The summed E-state index contributed by atoms with van der Waals surface area (Å²) < 4.78 is 5.60. The van der Waals surface area contributed by atoms with Crippen molar-refractivity contribution < 1.29 is 9.53 Å². The Morgan fingerprint density at radius 1 is 1.53 bits per heavy atom. The molecule has 3 unspecified atom stereocenters. The predicted molar refractivity (Wildman–Crippen MR) is 66.5 cm³/mol. The van der Waals surface area contributed by atoms with Gasteiger partial charge in [0.15, 0.2) is 0 Å². The van der Waals surface area contributed by atoms with E-state index in [1.54, 1.807) is 0 Å². The standard InChI is InChI=1S/C13H24N2O2/c1-3-11-8-17-9(2)7-15(11)13(16)6-12(14)10-4-5-10/h9-12H,3-8,14H2,1-2H3. The second-order valence-electron chi connectivity index (χ2n) is 5.46. The Morgan fingerprint density at radius 3 is 2.82 bits per heavy atom. The molecule has 1 aliphatic carbocycles. The maximum Gasteiger partial charge on any atom is 0.224 e. The minimum atomic E-state index is 0.0677. The van der Waals surface area contributed by atoms with Crippen LogP contribution in [-0.2, 0) is 9.53 Å². The monoisotopic (exact) mass is 240 g/mol. The van der Waals surface area contributed by atoms with Gasteiger partial charge in [-0.1, -0.05) is 6.92 Å². The molecule has 2 rings (SSSR count). The average Bonchev–Trinajstić information content (AvgIpc) is 3.12. The van der Waals surface area contributed by atoms with Crippen LogP contribution >= 0.6 is 0 Å². The van der Waals surface area contributed by atoms with Crippen LogP contribution in [0.4, 0.5) is 0 Å². The van der Waals surface area contributed by atoms with Crippen molar-refractivity contribution in [2.75, 3.05) is 13.2 Å². The van der Waals surface area contributed by atoms with Crippen molar-refractivity contribution in [1.82, 2.24) is 4.90 Å². The van der Waals surface area contributed by atoms with E-state index in [0.717, 1.165) is 6.42 Å². The van der Waals surface area contributed by atoms with E-state index in [1.807, 2.05) is 11.8 Å². The number of carbonyl (C=O) groups is 1. The number of carbonyl (C=O) groups excluding carboxylic acids is 1. The van der Waals surface area contributed by atoms with Gasteiger partial charge in [-0.05, 0) is 32.1 Å². The summed E-state index contributed by atoms with van der Waals surface area (Å²) >= 11 is 0. The largest absolute Gasteiger partial charge is 0.375 e. The van der Waals surface area contributed by atoms with Crippen molar-refractivity contribution in [3.63, 3.8) is 0 Å². The van der Waals surface area contributed by atoms with Crippen LogP contribution in [0.2, 0.25) is 0 Å². The molecule has 1 aliphatic heterocycles. The van der Waals surface area contributed by atoms with E-state index in [2.05, 4.69) is 6.92 Å². The van der Waals surface area contributed by atoms with Gasteiger partial charge in [-0.3, -0.25) is 4.79 Å². The Balaban J connectivity index is 1.90. The fourth-order valence-corrected chi connectivity index (χ4v) is 2.50. The van der Waals surface area contributed by atoms with Gasteiger partial charge in [0, 0.05) is 19.0 Å². The maximum absolute atomic E-state index is 12.2. The molecular weight excluding hydrogens is 216 g/mol. The van der Waals surface area contributed by atoms with Crippen molar-refractivity contribution in [3.8, 4) is 0 Å². The summed E-state index contributed by atoms with van der Waals surface area (Å²) in [7, 11) is 0. The smallest absolute Gasteiger partial charge is 0.224 e. The molecule has 2 fully saturated rings. The second kappa shape index (κ2) is 5.36. The summed E-state index contributed by atoms with van der Waals surface area (Å²) in [4.78, 5) is 14.2. The van der Waals surface area contributed by atoms with E-state index in [0.29, 0.717) is 25.5 Å². The molecule has 3 atom stereocenters. The molecule has 0 aromatic heterocycles. The highest BCUT2D eigenvalue weighted by Crippen LogP contribution is 2.33. The van der Waals surface area contributed by atoms with Crippen LogP contribution in [0.1, 0.15) is 39.5 Å². The minimum absolute atomic E-state index is 0.0677. The molecule has 0 aromatic rings. The molecule has 1 amide bonds. The zero-order valence-electron chi connectivity index (χ0n) is 10.9. The zero-order valence-corrected chi connectivity index (χ0v) is 10.9. The number of nitrogens with zero attached hydrogens (tertiary/aromatic N) is 1. The number of nitrogens with two attached hydrogens (primary N) is 1. The molecule has 1 saturated heterocycles. The Labute approximate surface area is 103 Å². The third-order valence-electron chi connectivity index (χ3n) is 3.90. The number of morpholine rings is 1. The Kier molecular flexibility index (Phi) is 4.05. The number of rotatable bonds is 4. The van der Waals surface area contributed by atoms with E-state index in [9.17, 15) is 4.79 Å².